The molecule has 0 radical (unpaired) electrons. The van der Waals surface area contributed by atoms with Crippen LogP contribution in [-0.2, 0) is 0 Å². The summed E-state index contributed by atoms with van der Waals surface area (Å²) in [5.41, 5.74) is 6.72. The molecule has 2 N–H and O–H groups in total. The molecule has 1 aromatic rings. The highest BCUT2D eigenvalue weighted by molar-refractivity contribution is 9.10. The van der Waals surface area contributed by atoms with Crippen molar-refractivity contribution in [3.63, 3.8) is 0 Å². The number of hydrogen-bond donors (Lipinski definition) is 1. The van der Waals surface area contributed by atoms with E-state index in [-0.39, 0.29) is 11.9 Å². The van der Waals surface area contributed by atoms with Gasteiger partial charge in [-0.25, -0.2) is 4.39 Å². The van der Waals surface area contributed by atoms with Gasteiger partial charge in [0.2, 0.25) is 0 Å². The van der Waals surface area contributed by atoms with Crippen LogP contribution in [-0.4, -0.2) is 0 Å². The molecule has 1 fully saturated rings. The second-order valence-corrected chi connectivity index (χ2v) is 5.22. The van der Waals surface area contributed by atoms with Crippen molar-refractivity contribution in [2.24, 2.45) is 17.6 Å². The molecule has 2 rings (SSSR count). The van der Waals surface area contributed by atoms with Crippen LogP contribution < -0.4 is 5.73 Å². The third kappa shape index (κ3) is 2.23. The topological polar surface area (TPSA) is 26.0 Å². The number of rotatable bonds is 3. The van der Waals surface area contributed by atoms with Gasteiger partial charge < -0.3 is 5.73 Å². The molecule has 0 amide bonds. The first-order chi connectivity index (χ1) is 7.11. The van der Waals surface area contributed by atoms with Gasteiger partial charge in [-0.2, -0.15) is 0 Å². The molecule has 82 valence electrons. The van der Waals surface area contributed by atoms with Crippen molar-refractivity contribution in [3.05, 3.63) is 34.1 Å². The fraction of sp³-hybridized carbons (Fsp3) is 0.500. The second-order valence-electron chi connectivity index (χ2n) is 4.37. The standard InChI is InChI=1S/C12H15BrFN/c1-7(8-5-6-8)12(15)9-3-2-4-10(13)11(9)14/h2-4,7-8,12H,5-6,15H2,1H3. The number of nitrogens with two attached hydrogens (primary N) is 1. The summed E-state index contributed by atoms with van der Waals surface area (Å²) in [5, 5.41) is 0. The predicted octanol–water partition coefficient (Wildman–Crippen LogP) is 3.63. The van der Waals surface area contributed by atoms with Crippen LogP contribution in [0.1, 0.15) is 31.4 Å². The molecular formula is C12H15BrFN. The largest absolute Gasteiger partial charge is 0.324 e. The molecule has 0 saturated heterocycles. The van der Waals surface area contributed by atoms with Gasteiger partial charge in [0.15, 0.2) is 0 Å². The van der Waals surface area contributed by atoms with E-state index >= 15 is 0 Å². The zero-order chi connectivity index (χ0) is 11.0. The molecule has 0 heterocycles. The molecule has 15 heavy (non-hydrogen) atoms. The van der Waals surface area contributed by atoms with Crippen LogP contribution in [0.25, 0.3) is 0 Å². The van der Waals surface area contributed by atoms with Crippen LogP contribution in [0.5, 0.6) is 0 Å². The maximum absolute atomic E-state index is 13.8. The lowest BCUT2D eigenvalue weighted by atomic mass is 9.91. The van der Waals surface area contributed by atoms with Crippen LogP contribution in [0.15, 0.2) is 22.7 Å². The van der Waals surface area contributed by atoms with Crippen molar-refractivity contribution in [1.82, 2.24) is 0 Å². The molecule has 0 aromatic heterocycles. The molecule has 3 heteroatoms. The smallest absolute Gasteiger partial charge is 0.142 e. The number of benzene rings is 1. The lowest BCUT2D eigenvalue weighted by molar-refractivity contribution is 0.404. The Morgan fingerprint density at radius 3 is 2.73 bits per heavy atom. The molecule has 1 nitrogen and oxygen atoms in total. The van der Waals surface area contributed by atoms with E-state index < -0.39 is 0 Å². The third-order valence-corrected chi connectivity index (χ3v) is 3.89. The van der Waals surface area contributed by atoms with Gasteiger partial charge in [-0.15, -0.1) is 0 Å². The van der Waals surface area contributed by atoms with E-state index in [2.05, 4.69) is 22.9 Å². The average molecular weight is 272 g/mol. The Kier molecular flexibility index (Phi) is 3.12. The van der Waals surface area contributed by atoms with Crippen LogP contribution in [0.2, 0.25) is 0 Å². The fourth-order valence-corrected chi connectivity index (χ4v) is 2.36. The Morgan fingerprint density at radius 1 is 1.47 bits per heavy atom. The Morgan fingerprint density at radius 2 is 2.13 bits per heavy atom. The monoisotopic (exact) mass is 271 g/mol. The van der Waals surface area contributed by atoms with Crippen molar-refractivity contribution < 1.29 is 4.39 Å². The average Bonchev–Trinajstić information content (AvgIpc) is 3.03. The summed E-state index contributed by atoms with van der Waals surface area (Å²) in [6.07, 6.45) is 2.48. The molecule has 1 aromatic carbocycles. The van der Waals surface area contributed by atoms with Gasteiger partial charge in [0.05, 0.1) is 4.47 Å². The third-order valence-electron chi connectivity index (χ3n) is 3.27. The first-order valence-electron chi connectivity index (χ1n) is 5.30. The summed E-state index contributed by atoms with van der Waals surface area (Å²) < 4.78 is 14.3. The molecule has 1 saturated carbocycles. The van der Waals surface area contributed by atoms with E-state index in [4.69, 9.17) is 5.73 Å². The fourth-order valence-electron chi connectivity index (χ4n) is 1.98. The normalized spacial score (nSPS) is 20.0. The van der Waals surface area contributed by atoms with E-state index in [1.54, 1.807) is 12.1 Å². The molecule has 1 aliphatic rings. The molecule has 0 spiro atoms. The second kappa shape index (κ2) is 4.22. The van der Waals surface area contributed by atoms with Crippen LogP contribution in [0.4, 0.5) is 4.39 Å². The Labute approximate surface area is 98.0 Å². The Balaban J connectivity index is 2.24. The van der Waals surface area contributed by atoms with E-state index in [9.17, 15) is 4.39 Å². The van der Waals surface area contributed by atoms with Gasteiger partial charge in [0.25, 0.3) is 0 Å². The van der Waals surface area contributed by atoms with Crippen molar-refractivity contribution >= 4 is 15.9 Å². The predicted molar refractivity (Wildman–Crippen MR) is 62.9 cm³/mol. The molecule has 1 aliphatic carbocycles. The summed E-state index contributed by atoms with van der Waals surface area (Å²) in [6.45, 7) is 2.11. The summed E-state index contributed by atoms with van der Waals surface area (Å²) in [4.78, 5) is 0. The minimum atomic E-state index is -0.211. The van der Waals surface area contributed by atoms with Gasteiger partial charge in [0, 0.05) is 11.6 Å². The highest BCUT2D eigenvalue weighted by Crippen LogP contribution is 2.42. The van der Waals surface area contributed by atoms with Crippen molar-refractivity contribution in [3.8, 4) is 0 Å². The Bertz CT molecular complexity index is 363. The van der Waals surface area contributed by atoms with Gasteiger partial charge in [-0.1, -0.05) is 19.1 Å². The van der Waals surface area contributed by atoms with E-state index in [0.29, 0.717) is 21.9 Å². The minimum absolute atomic E-state index is 0.185. The summed E-state index contributed by atoms with van der Waals surface area (Å²) in [6, 6.07) is 5.13. The SMILES string of the molecule is CC(C1CC1)C(N)c1cccc(Br)c1F. The number of halogens is 2. The highest BCUT2D eigenvalue weighted by atomic mass is 79.9. The van der Waals surface area contributed by atoms with E-state index in [1.807, 2.05) is 6.07 Å². The van der Waals surface area contributed by atoms with Crippen molar-refractivity contribution in [1.29, 1.82) is 0 Å². The maximum Gasteiger partial charge on any atom is 0.142 e. The highest BCUT2D eigenvalue weighted by Gasteiger charge is 2.33. The van der Waals surface area contributed by atoms with E-state index in [1.165, 1.54) is 12.8 Å². The van der Waals surface area contributed by atoms with Gasteiger partial charge in [-0.05, 0) is 46.7 Å². The molecule has 2 atom stereocenters. The zero-order valence-electron chi connectivity index (χ0n) is 8.71. The molecular weight excluding hydrogens is 257 g/mol. The molecule has 2 unspecified atom stereocenters. The molecule has 0 bridgehead atoms. The first kappa shape index (κ1) is 11.1. The summed E-state index contributed by atoms with van der Waals surface area (Å²) in [7, 11) is 0. The van der Waals surface area contributed by atoms with Gasteiger partial charge in [0.1, 0.15) is 5.82 Å². The van der Waals surface area contributed by atoms with E-state index in [0.717, 1.165) is 0 Å². The quantitative estimate of drug-likeness (QED) is 0.893. The van der Waals surface area contributed by atoms with Crippen molar-refractivity contribution in [2.45, 2.75) is 25.8 Å². The first-order valence-corrected chi connectivity index (χ1v) is 6.10. The minimum Gasteiger partial charge on any atom is -0.324 e. The van der Waals surface area contributed by atoms with Crippen LogP contribution >= 0.6 is 15.9 Å². The van der Waals surface area contributed by atoms with Gasteiger partial charge in [-0.3, -0.25) is 0 Å². The number of hydrogen-bond acceptors (Lipinski definition) is 1. The summed E-state index contributed by atoms with van der Waals surface area (Å²) in [5.74, 6) is 0.852. The summed E-state index contributed by atoms with van der Waals surface area (Å²) >= 11 is 3.19. The lowest BCUT2D eigenvalue weighted by Gasteiger charge is -2.20. The van der Waals surface area contributed by atoms with Crippen LogP contribution in [0.3, 0.4) is 0 Å². The van der Waals surface area contributed by atoms with Gasteiger partial charge >= 0.3 is 0 Å². The maximum atomic E-state index is 13.8. The molecule has 0 aliphatic heterocycles. The Hall–Kier alpha value is -0.410. The van der Waals surface area contributed by atoms with Crippen LogP contribution in [0, 0.1) is 17.7 Å². The lowest BCUT2D eigenvalue weighted by Crippen LogP contribution is -2.21. The zero-order valence-corrected chi connectivity index (χ0v) is 10.3. The van der Waals surface area contributed by atoms with Crippen molar-refractivity contribution in [2.75, 3.05) is 0 Å².